The Kier molecular flexibility index (Phi) is 2.79. The predicted molar refractivity (Wildman–Crippen MR) is 83.8 cm³/mol. The molecule has 0 saturated heterocycles. The number of para-hydroxylation sites is 2. The first-order valence-corrected chi connectivity index (χ1v) is 7.05. The predicted octanol–water partition coefficient (Wildman–Crippen LogP) is 3.69. The molecule has 5 nitrogen and oxygen atoms in total. The quantitative estimate of drug-likeness (QED) is 0.565. The van der Waals surface area contributed by atoms with Gasteiger partial charge in [0.2, 0.25) is 0 Å². The fourth-order valence-electron chi connectivity index (χ4n) is 2.80. The molecule has 0 atom stereocenters. The smallest absolute Gasteiger partial charge is 0.182 e. The maximum Gasteiger partial charge on any atom is 0.182 e. The van der Waals surface area contributed by atoms with Gasteiger partial charge in [-0.1, -0.05) is 24.3 Å². The second kappa shape index (κ2) is 4.80. The molecule has 4 rings (SSSR count). The van der Waals surface area contributed by atoms with Gasteiger partial charge in [-0.25, -0.2) is 14.6 Å². The number of aryl methyl sites for hydroxylation is 2. The van der Waals surface area contributed by atoms with E-state index in [9.17, 15) is 0 Å². The molecule has 0 radical (unpaired) electrons. The third-order valence-electron chi connectivity index (χ3n) is 3.80. The highest BCUT2D eigenvalue weighted by Gasteiger charge is 2.16. The lowest BCUT2D eigenvalue weighted by molar-refractivity contribution is 0.602. The fourth-order valence-corrected chi connectivity index (χ4v) is 2.80. The molecule has 2 heterocycles. The van der Waals surface area contributed by atoms with E-state index in [0.29, 0.717) is 0 Å². The van der Waals surface area contributed by atoms with Gasteiger partial charge in [0.05, 0.1) is 5.69 Å². The van der Waals surface area contributed by atoms with Gasteiger partial charge >= 0.3 is 0 Å². The van der Waals surface area contributed by atoms with Crippen molar-refractivity contribution >= 4 is 11.1 Å². The van der Waals surface area contributed by atoms with Gasteiger partial charge < -0.3 is 4.42 Å². The van der Waals surface area contributed by atoms with Crippen molar-refractivity contribution in [1.29, 1.82) is 0 Å². The lowest BCUT2D eigenvalue weighted by Gasteiger charge is -2.12. The largest absolute Gasteiger partial charge is 0.443 e. The lowest BCUT2D eigenvalue weighted by atomic mass is 10.1. The summed E-state index contributed by atoms with van der Waals surface area (Å²) >= 11 is 0. The second-order valence-corrected chi connectivity index (χ2v) is 5.24. The van der Waals surface area contributed by atoms with Crippen molar-refractivity contribution in [3.63, 3.8) is 0 Å². The number of rotatable bonds is 2. The number of hydrogen-bond acceptors (Lipinski definition) is 4. The number of oxazole rings is 1. The van der Waals surface area contributed by atoms with Gasteiger partial charge in [0.25, 0.3) is 0 Å². The molecule has 22 heavy (non-hydrogen) atoms. The van der Waals surface area contributed by atoms with E-state index in [2.05, 4.69) is 41.0 Å². The Hall–Kier alpha value is -2.95. The summed E-state index contributed by atoms with van der Waals surface area (Å²) < 4.78 is 7.25. The van der Waals surface area contributed by atoms with E-state index in [1.165, 1.54) is 6.39 Å². The summed E-state index contributed by atoms with van der Waals surface area (Å²) in [7, 11) is 0. The maximum atomic E-state index is 5.38. The summed E-state index contributed by atoms with van der Waals surface area (Å²) in [6.45, 7) is 4.15. The zero-order chi connectivity index (χ0) is 15.1. The van der Waals surface area contributed by atoms with Gasteiger partial charge in [-0.05, 0) is 37.1 Å². The molecule has 0 saturated carbocycles. The Morgan fingerprint density at radius 2 is 1.73 bits per heavy atom. The van der Waals surface area contributed by atoms with Crippen LogP contribution in [0.2, 0.25) is 0 Å². The molecule has 0 N–H and O–H groups in total. The van der Waals surface area contributed by atoms with Crippen molar-refractivity contribution in [2.45, 2.75) is 13.8 Å². The van der Waals surface area contributed by atoms with E-state index >= 15 is 0 Å². The van der Waals surface area contributed by atoms with Crippen molar-refractivity contribution in [2.24, 2.45) is 0 Å². The summed E-state index contributed by atoms with van der Waals surface area (Å²) in [4.78, 5) is 8.75. The molecule has 2 aromatic carbocycles. The number of benzene rings is 2. The Morgan fingerprint density at radius 1 is 0.955 bits per heavy atom. The maximum absolute atomic E-state index is 5.38. The summed E-state index contributed by atoms with van der Waals surface area (Å²) in [5, 5.41) is 4.42. The molecule has 5 heteroatoms. The normalized spacial score (nSPS) is 11.2. The van der Waals surface area contributed by atoms with Crippen LogP contribution in [-0.2, 0) is 0 Å². The van der Waals surface area contributed by atoms with Crippen LogP contribution in [0.1, 0.15) is 11.1 Å². The minimum absolute atomic E-state index is 0.744. The van der Waals surface area contributed by atoms with Gasteiger partial charge in [-0.15, -0.1) is 0 Å². The van der Waals surface area contributed by atoms with E-state index in [-0.39, 0.29) is 0 Å². The van der Waals surface area contributed by atoms with Gasteiger partial charge in [0.15, 0.2) is 17.8 Å². The Balaban J connectivity index is 2.00. The topological polar surface area (TPSA) is 56.7 Å². The van der Waals surface area contributed by atoms with Crippen LogP contribution in [0, 0.1) is 13.8 Å². The first-order valence-electron chi connectivity index (χ1n) is 7.05. The van der Waals surface area contributed by atoms with Crippen LogP contribution in [0.4, 0.5) is 0 Å². The molecule has 0 aliphatic rings. The van der Waals surface area contributed by atoms with Crippen molar-refractivity contribution in [2.75, 3.05) is 0 Å². The van der Waals surface area contributed by atoms with Gasteiger partial charge in [-0.2, -0.15) is 5.10 Å². The summed E-state index contributed by atoms with van der Waals surface area (Å²) in [6, 6.07) is 12.0. The minimum Gasteiger partial charge on any atom is -0.443 e. The van der Waals surface area contributed by atoms with Gasteiger partial charge in [0, 0.05) is 5.56 Å². The number of aromatic nitrogens is 4. The zero-order valence-corrected chi connectivity index (χ0v) is 12.3. The van der Waals surface area contributed by atoms with Crippen molar-refractivity contribution in [3.05, 3.63) is 60.2 Å². The van der Waals surface area contributed by atoms with Gasteiger partial charge in [0.1, 0.15) is 11.8 Å². The molecular formula is C17H14N4O. The monoisotopic (exact) mass is 290 g/mol. The number of hydrogen-bond donors (Lipinski definition) is 0. The molecule has 2 aromatic heterocycles. The molecule has 0 amide bonds. The Bertz CT molecular complexity index is 947. The fraction of sp³-hybridized carbons (Fsp3) is 0.118. The highest BCUT2D eigenvalue weighted by atomic mass is 16.3. The molecule has 108 valence electrons. The average Bonchev–Trinajstić information content (AvgIpc) is 3.15. The molecule has 0 unspecified atom stereocenters. The van der Waals surface area contributed by atoms with Crippen LogP contribution in [0.3, 0.4) is 0 Å². The van der Waals surface area contributed by atoms with Crippen LogP contribution in [0.5, 0.6) is 0 Å². The summed E-state index contributed by atoms with van der Waals surface area (Å²) in [6.07, 6.45) is 3.02. The van der Waals surface area contributed by atoms with E-state index in [0.717, 1.165) is 39.3 Å². The third-order valence-corrected chi connectivity index (χ3v) is 3.80. The Morgan fingerprint density at radius 3 is 2.55 bits per heavy atom. The van der Waals surface area contributed by atoms with Crippen LogP contribution >= 0.6 is 0 Å². The molecule has 0 aliphatic carbocycles. The van der Waals surface area contributed by atoms with Crippen LogP contribution in [-0.4, -0.2) is 19.7 Å². The van der Waals surface area contributed by atoms with Crippen molar-refractivity contribution in [3.8, 4) is 17.1 Å². The summed E-state index contributed by atoms with van der Waals surface area (Å²) in [5.41, 5.74) is 5.80. The van der Waals surface area contributed by atoms with E-state index in [4.69, 9.17) is 4.42 Å². The molecule has 4 aromatic rings. The number of nitrogens with zero attached hydrogens (tertiary/aromatic N) is 4. The van der Waals surface area contributed by atoms with E-state index in [1.807, 2.05) is 28.9 Å². The Labute approximate surface area is 127 Å². The van der Waals surface area contributed by atoms with Crippen molar-refractivity contribution < 1.29 is 4.42 Å². The third kappa shape index (κ3) is 1.83. The second-order valence-electron chi connectivity index (χ2n) is 5.24. The van der Waals surface area contributed by atoms with E-state index in [1.54, 1.807) is 6.33 Å². The molecule has 0 bridgehead atoms. The molecular weight excluding hydrogens is 276 g/mol. The van der Waals surface area contributed by atoms with E-state index < -0.39 is 0 Å². The first-order chi connectivity index (χ1) is 10.8. The molecule has 0 spiro atoms. The zero-order valence-electron chi connectivity index (χ0n) is 12.3. The molecule has 0 fully saturated rings. The van der Waals surface area contributed by atoms with Crippen LogP contribution in [0.25, 0.3) is 28.2 Å². The molecule has 0 aliphatic heterocycles. The lowest BCUT2D eigenvalue weighted by Crippen LogP contribution is -2.04. The van der Waals surface area contributed by atoms with Gasteiger partial charge in [-0.3, -0.25) is 0 Å². The van der Waals surface area contributed by atoms with Crippen molar-refractivity contribution in [1.82, 2.24) is 19.7 Å². The summed E-state index contributed by atoms with van der Waals surface area (Å²) in [5.74, 6) is 0.761. The minimum atomic E-state index is 0.744. The van der Waals surface area contributed by atoms with Crippen LogP contribution < -0.4 is 0 Å². The highest BCUT2D eigenvalue weighted by Crippen LogP contribution is 2.29. The number of fused-ring (bicyclic) bond motifs is 1. The van der Waals surface area contributed by atoms with Crippen LogP contribution in [0.15, 0.2) is 53.5 Å². The highest BCUT2D eigenvalue weighted by molar-refractivity contribution is 5.88. The standard InChI is InChI=1S/C17H14N4O/c1-11-5-3-6-12(2)16(11)21-17(18-9-20-21)13-7-4-8-14-15(13)19-10-22-14/h3-10H,1-2H3. The average molecular weight is 290 g/mol. The SMILES string of the molecule is Cc1cccc(C)c1-n1ncnc1-c1cccc2ocnc12. The first kappa shape index (κ1) is 12.8.